The van der Waals surface area contributed by atoms with Crippen LogP contribution in [0, 0.1) is 5.92 Å². The summed E-state index contributed by atoms with van der Waals surface area (Å²) in [7, 11) is 0. The fraction of sp³-hybridized carbons (Fsp3) is 0.545. The molecule has 4 N–H and O–H groups in total. The number of hydrogen-bond acceptors (Lipinski definition) is 2. The minimum atomic E-state index is -4.38. The van der Waals surface area contributed by atoms with Crippen molar-refractivity contribution in [2.24, 2.45) is 11.7 Å². The number of carbonyl (C=O) groups excluding carboxylic acids is 1. The van der Waals surface area contributed by atoms with Gasteiger partial charge in [-0.2, -0.15) is 13.2 Å². The van der Waals surface area contributed by atoms with Crippen LogP contribution in [-0.4, -0.2) is 23.6 Å². The Balaban J connectivity index is 2.41. The number of H-pyrrole nitrogens is 1. The highest BCUT2D eigenvalue weighted by Crippen LogP contribution is 2.30. The van der Waals surface area contributed by atoms with Crippen molar-refractivity contribution in [2.45, 2.75) is 25.6 Å². The van der Waals surface area contributed by atoms with E-state index in [-0.39, 0.29) is 19.5 Å². The van der Waals surface area contributed by atoms with Crippen LogP contribution in [0.3, 0.4) is 0 Å². The van der Waals surface area contributed by atoms with Crippen molar-refractivity contribution in [3.63, 3.8) is 0 Å². The van der Waals surface area contributed by atoms with Crippen molar-refractivity contribution in [2.75, 3.05) is 6.54 Å². The molecule has 0 aliphatic heterocycles. The molecule has 102 valence electrons. The van der Waals surface area contributed by atoms with Gasteiger partial charge in [-0.3, -0.25) is 4.79 Å². The summed E-state index contributed by atoms with van der Waals surface area (Å²) in [6.07, 6.45) is -1.85. The van der Waals surface area contributed by atoms with Gasteiger partial charge in [0.25, 0.3) is 0 Å². The number of alkyl halides is 3. The van der Waals surface area contributed by atoms with E-state index in [0.29, 0.717) is 0 Å². The van der Waals surface area contributed by atoms with E-state index in [1.54, 1.807) is 18.5 Å². The number of aromatic nitrogens is 1. The van der Waals surface area contributed by atoms with Crippen LogP contribution in [-0.2, 0) is 11.3 Å². The molecule has 7 heteroatoms. The number of nitrogens with one attached hydrogen (secondary N) is 2. The first-order valence-corrected chi connectivity index (χ1v) is 5.58. The monoisotopic (exact) mass is 263 g/mol. The first-order valence-electron chi connectivity index (χ1n) is 5.58. The standard InChI is InChI=1S/C11H16F3N3O/c12-11(13,14)9(1-3-15)5-10(18)17-7-8-2-4-16-6-8/h2,4,6,9,16H,1,3,5,7,15H2,(H,17,18). The molecule has 1 amide bonds. The zero-order valence-corrected chi connectivity index (χ0v) is 9.76. The lowest BCUT2D eigenvalue weighted by Gasteiger charge is -2.18. The summed E-state index contributed by atoms with van der Waals surface area (Å²) < 4.78 is 37.6. The maximum atomic E-state index is 12.5. The van der Waals surface area contributed by atoms with Crippen molar-refractivity contribution in [3.05, 3.63) is 24.0 Å². The van der Waals surface area contributed by atoms with Gasteiger partial charge in [0, 0.05) is 25.4 Å². The topological polar surface area (TPSA) is 70.9 Å². The highest BCUT2D eigenvalue weighted by atomic mass is 19.4. The lowest BCUT2D eigenvalue weighted by molar-refractivity contribution is -0.180. The van der Waals surface area contributed by atoms with Gasteiger partial charge in [0.1, 0.15) is 0 Å². The van der Waals surface area contributed by atoms with Crippen LogP contribution in [0.4, 0.5) is 13.2 Å². The molecule has 1 aromatic heterocycles. The third kappa shape index (κ3) is 4.79. The molecule has 18 heavy (non-hydrogen) atoms. The fourth-order valence-electron chi connectivity index (χ4n) is 1.55. The Morgan fingerprint density at radius 2 is 2.22 bits per heavy atom. The molecule has 0 aromatic carbocycles. The predicted molar refractivity (Wildman–Crippen MR) is 60.5 cm³/mol. The molecule has 0 saturated heterocycles. The first kappa shape index (κ1) is 14.6. The smallest absolute Gasteiger partial charge is 0.367 e. The molecule has 0 spiro atoms. The Bertz CT molecular complexity index is 362. The Morgan fingerprint density at radius 3 is 2.72 bits per heavy atom. The van der Waals surface area contributed by atoms with Gasteiger partial charge in [0.15, 0.2) is 0 Å². The van der Waals surface area contributed by atoms with E-state index < -0.39 is 24.4 Å². The Hall–Kier alpha value is -1.50. The lowest BCUT2D eigenvalue weighted by Crippen LogP contribution is -2.32. The third-order valence-corrected chi connectivity index (χ3v) is 2.56. The SMILES string of the molecule is NCCC(CC(=O)NCc1cc[nH]c1)C(F)(F)F. The third-order valence-electron chi connectivity index (χ3n) is 2.56. The minimum absolute atomic E-state index is 0.0880. The van der Waals surface area contributed by atoms with E-state index in [1.807, 2.05) is 0 Å². The van der Waals surface area contributed by atoms with E-state index in [4.69, 9.17) is 5.73 Å². The molecule has 0 aliphatic carbocycles. The van der Waals surface area contributed by atoms with Gasteiger partial charge in [-0.1, -0.05) is 0 Å². The van der Waals surface area contributed by atoms with E-state index in [9.17, 15) is 18.0 Å². The highest BCUT2D eigenvalue weighted by Gasteiger charge is 2.39. The molecule has 1 rings (SSSR count). The molecule has 1 unspecified atom stereocenters. The number of halogens is 3. The fourth-order valence-corrected chi connectivity index (χ4v) is 1.55. The van der Waals surface area contributed by atoms with Crippen LogP contribution < -0.4 is 11.1 Å². The minimum Gasteiger partial charge on any atom is -0.367 e. The number of carbonyl (C=O) groups is 1. The molecule has 4 nitrogen and oxygen atoms in total. The van der Waals surface area contributed by atoms with Crippen molar-refractivity contribution < 1.29 is 18.0 Å². The molecule has 0 radical (unpaired) electrons. The highest BCUT2D eigenvalue weighted by molar-refractivity contribution is 5.76. The average molecular weight is 263 g/mol. The number of nitrogens with two attached hydrogens (primary N) is 1. The second-order valence-electron chi connectivity index (χ2n) is 4.02. The number of aromatic amines is 1. The zero-order valence-electron chi connectivity index (χ0n) is 9.76. The number of amides is 1. The van der Waals surface area contributed by atoms with Gasteiger partial charge in [0.2, 0.25) is 5.91 Å². The van der Waals surface area contributed by atoms with Gasteiger partial charge in [-0.05, 0) is 24.6 Å². The van der Waals surface area contributed by atoms with Crippen LogP contribution in [0.2, 0.25) is 0 Å². The largest absolute Gasteiger partial charge is 0.392 e. The number of rotatable bonds is 6. The summed E-state index contributed by atoms with van der Waals surface area (Å²) in [5, 5.41) is 2.45. The molecule has 0 saturated carbocycles. The van der Waals surface area contributed by atoms with E-state index in [0.717, 1.165) is 5.56 Å². The molecule has 1 heterocycles. The molecular weight excluding hydrogens is 247 g/mol. The van der Waals surface area contributed by atoms with Crippen LogP contribution >= 0.6 is 0 Å². The van der Waals surface area contributed by atoms with Gasteiger partial charge >= 0.3 is 6.18 Å². The summed E-state index contributed by atoms with van der Waals surface area (Å²) in [5.41, 5.74) is 5.93. The summed E-state index contributed by atoms with van der Waals surface area (Å²) in [5.74, 6) is -2.29. The quantitative estimate of drug-likeness (QED) is 0.728. The normalized spacial score (nSPS) is 13.3. The van der Waals surface area contributed by atoms with Gasteiger partial charge in [-0.25, -0.2) is 0 Å². The molecule has 1 aromatic rings. The van der Waals surface area contributed by atoms with E-state index in [2.05, 4.69) is 10.3 Å². The first-order chi connectivity index (χ1) is 8.43. The molecule has 1 atom stereocenters. The molecular formula is C11H16F3N3O. The molecule has 0 fully saturated rings. The van der Waals surface area contributed by atoms with Crippen molar-refractivity contribution in [1.29, 1.82) is 0 Å². The van der Waals surface area contributed by atoms with Crippen molar-refractivity contribution in [1.82, 2.24) is 10.3 Å². The maximum Gasteiger partial charge on any atom is 0.392 e. The molecule has 0 aliphatic rings. The number of hydrogen-bond donors (Lipinski definition) is 3. The Morgan fingerprint density at radius 1 is 1.50 bits per heavy atom. The van der Waals surface area contributed by atoms with Crippen molar-refractivity contribution in [3.8, 4) is 0 Å². The van der Waals surface area contributed by atoms with E-state index >= 15 is 0 Å². The van der Waals surface area contributed by atoms with Gasteiger partial charge in [-0.15, -0.1) is 0 Å². The van der Waals surface area contributed by atoms with E-state index in [1.165, 1.54) is 0 Å². The summed E-state index contributed by atoms with van der Waals surface area (Å²) >= 11 is 0. The lowest BCUT2D eigenvalue weighted by atomic mass is 10.0. The van der Waals surface area contributed by atoms with Crippen LogP contribution in [0.15, 0.2) is 18.5 Å². The maximum absolute atomic E-state index is 12.5. The van der Waals surface area contributed by atoms with Crippen LogP contribution in [0.1, 0.15) is 18.4 Å². The summed E-state index contributed by atoms with van der Waals surface area (Å²) in [6.45, 7) is 0.130. The zero-order chi connectivity index (χ0) is 13.6. The molecule has 0 bridgehead atoms. The summed E-state index contributed by atoms with van der Waals surface area (Å²) in [4.78, 5) is 14.2. The second-order valence-corrected chi connectivity index (χ2v) is 4.02. The van der Waals surface area contributed by atoms with Crippen molar-refractivity contribution >= 4 is 5.91 Å². The van der Waals surface area contributed by atoms with Gasteiger partial charge < -0.3 is 16.0 Å². The summed E-state index contributed by atoms with van der Waals surface area (Å²) in [6, 6.07) is 1.74. The van der Waals surface area contributed by atoms with Crippen LogP contribution in [0.5, 0.6) is 0 Å². The van der Waals surface area contributed by atoms with Gasteiger partial charge in [0.05, 0.1) is 5.92 Å². The predicted octanol–water partition coefficient (Wildman–Crippen LogP) is 1.55. The van der Waals surface area contributed by atoms with Crippen LogP contribution in [0.25, 0.3) is 0 Å². The average Bonchev–Trinajstić information content (AvgIpc) is 2.77. The Kier molecular flexibility index (Phi) is 5.21. The second kappa shape index (κ2) is 6.44. The Labute approximate surface area is 103 Å².